The summed E-state index contributed by atoms with van der Waals surface area (Å²) in [5, 5.41) is 0. The van der Waals surface area contributed by atoms with Gasteiger partial charge in [0, 0.05) is 11.6 Å². The fourth-order valence-corrected chi connectivity index (χ4v) is 1.76. The van der Waals surface area contributed by atoms with E-state index in [4.69, 9.17) is 9.47 Å². The molecule has 4 heteroatoms. The van der Waals surface area contributed by atoms with Gasteiger partial charge in [-0.15, -0.1) is 0 Å². The molecule has 0 radical (unpaired) electrons. The van der Waals surface area contributed by atoms with Gasteiger partial charge in [0.2, 0.25) is 0 Å². The van der Waals surface area contributed by atoms with Crippen molar-refractivity contribution >= 4 is 5.97 Å². The van der Waals surface area contributed by atoms with Gasteiger partial charge in [0.25, 0.3) is 0 Å². The molecule has 1 heterocycles. The monoisotopic (exact) mass is 221 g/mol. The van der Waals surface area contributed by atoms with E-state index in [2.05, 4.69) is 4.98 Å². The van der Waals surface area contributed by atoms with Crippen LogP contribution in [0.5, 0.6) is 5.75 Å². The number of carbonyl (C=O) groups is 1. The number of rotatable bonds is 4. The zero-order valence-electron chi connectivity index (χ0n) is 9.47. The van der Waals surface area contributed by atoms with Crippen LogP contribution >= 0.6 is 0 Å². The first-order chi connectivity index (χ1) is 7.76. The average molecular weight is 221 g/mol. The van der Waals surface area contributed by atoms with Gasteiger partial charge in [-0.3, -0.25) is 9.78 Å². The van der Waals surface area contributed by atoms with E-state index in [1.165, 1.54) is 0 Å². The molecule has 0 bridgehead atoms. The summed E-state index contributed by atoms with van der Waals surface area (Å²) in [5.41, 5.74) is 0.943. The molecule has 0 saturated heterocycles. The molecular formula is C12H15NO3. The third kappa shape index (κ3) is 2.15. The summed E-state index contributed by atoms with van der Waals surface area (Å²) in [6, 6.07) is 3.77. The van der Waals surface area contributed by atoms with Crippen molar-refractivity contribution in [3.05, 3.63) is 24.0 Å². The third-order valence-electron chi connectivity index (χ3n) is 2.75. The van der Waals surface area contributed by atoms with Crippen LogP contribution in [0.25, 0.3) is 0 Å². The molecule has 1 saturated carbocycles. The van der Waals surface area contributed by atoms with Crippen molar-refractivity contribution in [3.63, 3.8) is 0 Å². The number of esters is 1. The fraction of sp³-hybridized carbons (Fsp3) is 0.500. The first-order valence-electron chi connectivity index (χ1n) is 5.42. The molecule has 2 atom stereocenters. The van der Waals surface area contributed by atoms with Gasteiger partial charge in [0.15, 0.2) is 0 Å². The standard InChI is InChI=1S/C12H15NO3/c1-3-16-12(14)10-6-9(10)11-5-4-8(15-2)7-13-11/h4-5,7,9-10H,3,6H2,1-2H3. The maximum Gasteiger partial charge on any atom is 0.309 e. The topological polar surface area (TPSA) is 48.4 Å². The zero-order chi connectivity index (χ0) is 11.5. The minimum atomic E-state index is -0.106. The van der Waals surface area contributed by atoms with Crippen LogP contribution in [0, 0.1) is 5.92 Å². The van der Waals surface area contributed by atoms with Crippen LogP contribution in [0.1, 0.15) is 25.0 Å². The van der Waals surface area contributed by atoms with E-state index < -0.39 is 0 Å². The largest absolute Gasteiger partial charge is 0.495 e. The Balaban J connectivity index is 1.97. The minimum absolute atomic E-state index is 0.000782. The summed E-state index contributed by atoms with van der Waals surface area (Å²) < 4.78 is 10.00. The van der Waals surface area contributed by atoms with Crippen LogP contribution in [0.4, 0.5) is 0 Å². The van der Waals surface area contributed by atoms with Gasteiger partial charge in [-0.2, -0.15) is 0 Å². The number of hydrogen-bond acceptors (Lipinski definition) is 4. The van der Waals surface area contributed by atoms with Crippen molar-refractivity contribution in [1.29, 1.82) is 0 Å². The highest BCUT2D eigenvalue weighted by atomic mass is 16.5. The Hall–Kier alpha value is -1.58. The summed E-state index contributed by atoms with van der Waals surface area (Å²) in [4.78, 5) is 15.7. The highest BCUT2D eigenvalue weighted by Gasteiger charge is 2.46. The third-order valence-corrected chi connectivity index (χ3v) is 2.75. The maximum atomic E-state index is 11.4. The second kappa shape index (κ2) is 4.51. The highest BCUT2D eigenvalue weighted by Crippen LogP contribution is 2.47. The normalized spacial score (nSPS) is 22.6. The predicted octanol–water partition coefficient (Wildman–Crippen LogP) is 1.76. The maximum absolute atomic E-state index is 11.4. The lowest BCUT2D eigenvalue weighted by molar-refractivity contribution is -0.144. The van der Waals surface area contributed by atoms with Gasteiger partial charge >= 0.3 is 5.97 Å². The van der Waals surface area contributed by atoms with Gasteiger partial charge in [-0.1, -0.05) is 0 Å². The second-order valence-corrected chi connectivity index (χ2v) is 3.82. The van der Waals surface area contributed by atoms with Crippen LogP contribution in [0.2, 0.25) is 0 Å². The van der Waals surface area contributed by atoms with Crippen LogP contribution in [0.3, 0.4) is 0 Å². The predicted molar refractivity (Wildman–Crippen MR) is 58.3 cm³/mol. The number of hydrogen-bond donors (Lipinski definition) is 0. The quantitative estimate of drug-likeness (QED) is 0.727. The summed E-state index contributed by atoms with van der Waals surface area (Å²) in [5.74, 6) is 0.855. The van der Waals surface area contributed by atoms with E-state index in [9.17, 15) is 4.79 Å². The molecule has 0 aliphatic heterocycles. The molecule has 2 rings (SSSR count). The molecular weight excluding hydrogens is 206 g/mol. The van der Waals surface area contributed by atoms with Gasteiger partial charge in [-0.05, 0) is 25.5 Å². The Kier molecular flexibility index (Phi) is 3.08. The Labute approximate surface area is 94.6 Å². The van der Waals surface area contributed by atoms with Gasteiger partial charge in [-0.25, -0.2) is 0 Å². The van der Waals surface area contributed by atoms with Crippen LogP contribution in [0.15, 0.2) is 18.3 Å². The van der Waals surface area contributed by atoms with E-state index >= 15 is 0 Å². The zero-order valence-corrected chi connectivity index (χ0v) is 9.47. The van der Waals surface area contributed by atoms with Crippen molar-refractivity contribution in [2.45, 2.75) is 19.3 Å². The number of ether oxygens (including phenoxy) is 2. The first kappa shape index (κ1) is 10.9. The van der Waals surface area contributed by atoms with E-state index in [0.29, 0.717) is 6.61 Å². The lowest BCUT2D eigenvalue weighted by Gasteiger charge is -2.02. The molecule has 1 fully saturated rings. The van der Waals surface area contributed by atoms with Gasteiger partial charge in [0.05, 0.1) is 25.8 Å². The number of pyridine rings is 1. The summed E-state index contributed by atoms with van der Waals surface area (Å²) >= 11 is 0. The molecule has 0 N–H and O–H groups in total. The van der Waals surface area contributed by atoms with E-state index in [1.807, 2.05) is 19.1 Å². The Bertz CT molecular complexity index is 374. The highest BCUT2D eigenvalue weighted by molar-refractivity contribution is 5.77. The number of methoxy groups -OCH3 is 1. The Morgan fingerprint density at radius 3 is 2.94 bits per heavy atom. The number of aromatic nitrogens is 1. The van der Waals surface area contributed by atoms with E-state index in [0.717, 1.165) is 17.9 Å². The molecule has 86 valence electrons. The summed E-state index contributed by atoms with van der Waals surface area (Å²) in [7, 11) is 1.61. The smallest absolute Gasteiger partial charge is 0.309 e. The molecule has 4 nitrogen and oxygen atoms in total. The number of carbonyl (C=O) groups excluding carboxylic acids is 1. The molecule has 2 unspecified atom stereocenters. The SMILES string of the molecule is CCOC(=O)C1CC1c1ccc(OC)cn1. The van der Waals surface area contributed by atoms with Crippen LogP contribution in [-0.4, -0.2) is 24.7 Å². The molecule has 0 spiro atoms. The lowest BCUT2D eigenvalue weighted by atomic mass is 10.2. The Morgan fingerprint density at radius 1 is 1.56 bits per heavy atom. The summed E-state index contributed by atoms with van der Waals surface area (Å²) in [6.07, 6.45) is 2.52. The average Bonchev–Trinajstić information content (AvgIpc) is 3.09. The van der Waals surface area contributed by atoms with Gasteiger partial charge < -0.3 is 9.47 Å². The minimum Gasteiger partial charge on any atom is -0.495 e. The van der Waals surface area contributed by atoms with Crippen molar-refractivity contribution in [2.24, 2.45) is 5.92 Å². The molecule has 0 amide bonds. The second-order valence-electron chi connectivity index (χ2n) is 3.82. The van der Waals surface area contributed by atoms with Crippen molar-refractivity contribution in [2.75, 3.05) is 13.7 Å². The van der Waals surface area contributed by atoms with E-state index in [-0.39, 0.29) is 17.8 Å². The molecule has 1 aromatic heterocycles. The van der Waals surface area contributed by atoms with E-state index in [1.54, 1.807) is 13.3 Å². The first-order valence-corrected chi connectivity index (χ1v) is 5.42. The molecule has 1 aromatic rings. The lowest BCUT2D eigenvalue weighted by Crippen LogP contribution is -2.07. The van der Waals surface area contributed by atoms with Gasteiger partial charge in [0.1, 0.15) is 5.75 Å². The van der Waals surface area contributed by atoms with Crippen molar-refractivity contribution < 1.29 is 14.3 Å². The van der Waals surface area contributed by atoms with Crippen molar-refractivity contribution in [1.82, 2.24) is 4.98 Å². The fourth-order valence-electron chi connectivity index (χ4n) is 1.76. The number of nitrogens with zero attached hydrogens (tertiary/aromatic N) is 1. The van der Waals surface area contributed by atoms with Crippen molar-refractivity contribution in [3.8, 4) is 5.75 Å². The summed E-state index contributed by atoms with van der Waals surface area (Å²) in [6.45, 7) is 2.26. The molecule has 16 heavy (non-hydrogen) atoms. The molecule has 0 aromatic carbocycles. The van der Waals surface area contributed by atoms with Crippen LogP contribution in [-0.2, 0) is 9.53 Å². The molecule has 1 aliphatic carbocycles. The Morgan fingerprint density at radius 2 is 2.38 bits per heavy atom. The molecule has 1 aliphatic rings. The van der Waals surface area contributed by atoms with Crippen LogP contribution < -0.4 is 4.74 Å².